The van der Waals surface area contributed by atoms with Crippen LogP contribution in [0, 0.1) is 0 Å². The molecule has 1 aliphatic carbocycles. The summed E-state index contributed by atoms with van der Waals surface area (Å²) in [6, 6.07) is 20.1. The van der Waals surface area contributed by atoms with Gasteiger partial charge in [0.1, 0.15) is 19.0 Å². The Morgan fingerprint density at radius 1 is 0.727 bits per heavy atom. The minimum absolute atomic E-state index is 0.507. The average Bonchev–Trinajstić information content (AvgIpc) is 2.60. The van der Waals surface area contributed by atoms with Crippen LogP contribution in [0.25, 0.3) is 0 Å². The molecule has 0 fully saturated rings. The Balaban J connectivity index is 1.56. The van der Waals surface area contributed by atoms with Crippen molar-refractivity contribution in [1.29, 1.82) is 0 Å². The van der Waals surface area contributed by atoms with Crippen LogP contribution in [-0.2, 0) is 22.7 Å². The maximum absolute atomic E-state index is 5.75. The second kappa shape index (κ2) is 7.19. The molecule has 0 amide bonds. The summed E-state index contributed by atoms with van der Waals surface area (Å²) in [5.41, 5.74) is 8.12. The number of benzene rings is 2. The van der Waals surface area contributed by atoms with Crippen molar-refractivity contribution in [2.75, 3.05) is 0 Å². The van der Waals surface area contributed by atoms with E-state index in [1.165, 1.54) is 0 Å². The average molecular weight is 288 g/mol. The van der Waals surface area contributed by atoms with Crippen LogP contribution in [0.15, 0.2) is 95.8 Å². The second-order valence-electron chi connectivity index (χ2n) is 4.87. The van der Waals surface area contributed by atoms with Gasteiger partial charge in [-0.2, -0.15) is 0 Å². The van der Waals surface area contributed by atoms with Crippen molar-refractivity contribution < 1.29 is 9.47 Å². The van der Waals surface area contributed by atoms with E-state index >= 15 is 0 Å². The zero-order valence-corrected chi connectivity index (χ0v) is 12.2. The summed E-state index contributed by atoms with van der Waals surface area (Å²) in [6.07, 6.45) is 3.60. The van der Waals surface area contributed by atoms with Gasteiger partial charge in [-0.25, -0.2) is 0 Å². The normalized spacial score (nSPS) is 12.5. The number of hydrogen-bond donors (Lipinski definition) is 0. The highest BCUT2D eigenvalue weighted by molar-refractivity contribution is 5.27. The van der Waals surface area contributed by atoms with Crippen molar-refractivity contribution in [2.24, 2.45) is 0 Å². The summed E-state index contributed by atoms with van der Waals surface area (Å²) in [4.78, 5) is 0. The molecule has 0 unspecified atom stereocenters. The fourth-order valence-corrected chi connectivity index (χ4v) is 2.02. The molecule has 0 heterocycles. The molecule has 0 spiro atoms. The van der Waals surface area contributed by atoms with E-state index in [4.69, 9.17) is 9.47 Å². The molecule has 2 aromatic carbocycles. The van der Waals surface area contributed by atoms with Gasteiger partial charge in [-0.3, -0.25) is 0 Å². The SMILES string of the molecule is C1=C=C(OCc2ccccc2)C=C(OCc2ccccc2)C=1. The molecule has 2 heteroatoms. The van der Waals surface area contributed by atoms with Gasteiger partial charge in [-0.05, 0) is 16.9 Å². The van der Waals surface area contributed by atoms with Crippen molar-refractivity contribution in [3.63, 3.8) is 0 Å². The summed E-state index contributed by atoms with van der Waals surface area (Å²) in [7, 11) is 0. The van der Waals surface area contributed by atoms with Gasteiger partial charge in [0.2, 0.25) is 0 Å². The van der Waals surface area contributed by atoms with Crippen LogP contribution >= 0.6 is 0 Å². The first-order valence-corrected chi connectivity index (χ1v) is 7.17. The second-order valence-corrected chi connectivity index (χ2v) is 4.87. The molecule has 0 bridgehead atoms. The molecule has 1 aliphatic rings. The molecule has 0 radical (unpaired) electrons. The molecule has 2 nitrogen and oxygen atoms in total. The number of hydrogen-bond acceptors (Lipinski definition) is 2. The maximum Gasteiger partial charge on any atom is 0.174 e. The first kappa shape index (κ1) is 14.0. The smallest absolute Gasteiger partial charge is 0.174 e. The van der Waals surface area contributed by atoms with Crippen LogP contribution in [0.5, 0.6) is 0 Å². The molecule has 0 aliphatic heterocycles. The van der Waals surface area contributed by atoms with E-state index in [1.54, 1.807) is 6.08 Å². The molecule has 0 saturated carbocycles. The van der Waals surface area contributed by atoms with Gasteiger partial charge in [0.05, 0.1) is 0 Å². The van der Waals surface area contributed by atoms with E-state index in [0.29, 0.717) is 19.0 Å². The molecular formula is C20H16O2. The van der Waals surface area contributed by atoms with Crippen molar-refractivity contribution in [2.45, 2.75) is 13.2 Å². The minimum Gasteiger partial charge on any atom is -0.488 e. The molecule has 2 aromatic rings. The quantitative estimate of drug-likeness (QED) is 0.728. The summed E-state index contributed by atoms with van der Waals surface area (Å²) < 4.78 is 11.5. The van der Waals surface area contributed by atoms with Gasteiger partial charge in [-0.1, -0.05) is 66.4 Å². The first-order valence-electron chi connectivity index (χ1n) is 7.17. The van der Waals surface area contributed by atoms with E-state index in [1.807, 2.05) is 66.7 Å². The van der Waals surface area contributed by atoms with Crippen molar-refractivity contribution in [1.82, 2.24) is 0 Å². The fourth-order valence-electron chi connectivity index (χ4n) is 2.02. The number of allylic oxidation sites excluding steroid dienone is 2. The molecule has 108 valence electrons. The summed E-state index contributed by atoms with van der Waals surface area (Å²) >= 11 is 0. The Kier molecular flexibility index (Phi) is 4.59. The van der Waals surface area contributed by atoms with Crippen LogP contribution in [0.3, 0.4) is 0 Å². The molecule has 0 N–H and O–H groups in total. The zero-order chi connectivity index (χ0) is 15.0. The Hall–Kier alpha value is -2.92. The van der Waals surface area contributed by atoms with Gasteiger partial charge < -0.3 is 9.47 Å². The molecular weight excluding hydrogens is 272 g/mol. The fraction of sp³-hybridized carbons (Fsp3) is 0.100. The van der Waals surface area contributed by atoms with Gasteiger partial charge in [0.15, 0.2) is 5.76 Å². The molecule has 0 aromatic heterocycles. The lowest BCUT2D eigenvalue weighted by molar-refractivity contribution is 0.192. The predicted molar refractivity (Wildman–Crippen MR) is 85.7 cm³/mol. The Bertz CT molecular complexity index is 745. The number of rotatable bonds is 6. The molecule has 0 atom stereocenters. The van der Waals surface area contributed by atoms with Gasteiger partial charge in [-0.15, -0.1) is 0 Å². The van der Waals surface area contributed by atoms with Crippen molar-refractivity contribution in [3.8, 4) is 0 Å². The van der Waals surface area contributed by atoms with Crippen LogP contribution in [0.1, 0.15) is 11.1 Å². The standard InChI is InChI=1S/C20H16O2/c1-3-8-17(9-4-1)15-21-19-12-7-13-20(14-19)22-16-18-10-5-2-6-11-18/h1-6,8-12,14H,15-16H2. The monoisotopic (exact) mass is 288 g/mol. The lowest BCUT2D eigenvalue weighted by Gasteiger charge is -2.10. The van der Waals surface area contributed by atoms with E-state index < -0.39 is 0 Å². The van der Waals surface area contributed by atoms with Crippen molar-refractivity contribution >= 4 is 0 Å². The highest BCUT2D eigenvalue weighted by Gasteiger charge is 2.03. The Morgan fingerprint density at radius 2 is 1.32 bits per heavy atom. The molecule has 22 heavy (non-hydrogen) atoms. The summed E-state index contributed by atoms with van der Waals surface area (Å²) in [5, 5.41) is 0. The highest BCUT2D eigenvalue weighted by Crippen LogP contribution is 2.14. The zero-order valence-electron chi connectivity index (χ0n) is 12.2. The van der Waals surface area contributed by atoms with Gasteiger partial charge >= 0.3 is 0 Å². The Labute approximate surface area is 130 Å². The third kappa shape index (κ3) is 4.04. The largest absolute Gasteiger partial charge is 0.488 e. The highest BCUT2D eigenvalue weighted by atomic mass is 16.5. The van der Waals surface area contributed by atoms with Crippen LogP contribution in [-0.4, -0.2) is 0 Å². The Morgan fingerprint density at radius 3 is 1.95 bits per heavy atom. The van der Waals surface area contributed by atoms with Crippen LogP contribution in [0.4, 0.5) is 0 Å². The van der Waals surface area contributed by atoms with Crippen LogP contribution < -0.4 is 0 Å². The van der Waals surface area contributed by atoms with Gasteiger partial charge in [0, 0.05) is 12.2 Å². The predicted octanol–water partition coefficient (Wildman–Crippen LogP) is 4.51. The molecule has 3 rings (SSSR count). The topological polar surface area (TPSA) is 18.5 Å². The lowest BCUT2D eigenvalue weighted by atomic mass is 10.2. The molecule has 0 saturated heterocycles. The lowest BCUT2D eigenvalue weighted by Crippen LogP contribution is -1.96. The van der Waals surface area contributed by atoms with E-state index in [2.05, 4.69) is 11.5 Å². The summed E-state index contributed by atoms with van der Waals surface area (Å²) in [5.74, 6) is 1.36. The van der Waals surface area contributed by atoms with E-state index in [0.717, 1.165) is 16.9 Å². The van der Waals surface area contributed by atoms with E-state index in [-0.39, 0.29) is 0 Å². The van der Waals surface area contributed by atoms with E-state index in [9.17, 15) is 0 Å². The minimum atomic E-state index is 0.507. The third-order valence-electron chi connectivity index (χ3n) is 3.17. The van der Waals surface area contributed by atoms with Crippen molar-refractivity contribution in [3.05, 3.63) is 107 Å². The summed E-state index contributed by atoms with van der Waals surface area (Å²) in [6.45, 7) is 1.03. The third-order valence-corrected chi connectivity index (χ3v) is 3.17. The van der Waals surface area contributed by atoms with Crippen LogP contribution in [0.2, 0.25) is 0 Å². The maximum atomic E-state index is 5.75. The number of ether oxygens (including phenoxy) is 2. The van der Waals surface area contributed by atoms with Gasteiger partial charge in [0.25, 0.3) is 0 Å². The first-order chi connectivity index (χ1) is 10.9.